The van der Waals surface area contributed by atoms with Crippen molar-refractivity contribution in [3.05, 3.63) is 58.5 Å². The summed E-state index contributed by atoms with van der Waals surface area (Å²) in [5.41, 5.74) is 9.31. The predicted octanol–water partition coefficient (Wildman–Crippen LogP) is 6.62. The second-order valence-corrected chi connectivity index (χ2v) is 6.81. The highest BCUT2D eigenvalue weighted by atomic mass is 16.5. The van der Waals surface area contributed by atoms with Crippen LogP contribution >= 0.6 is 0 Å². The fraction of sp³-hybridized carbons (Fsp3) is 0.409. The summed E-state index contributed by atoms with van der Waals surface area (Å²) >= 11 is 0. The fourth-order valence-corrected chi connectivity index (χ4v) is 2.81. The molecule has 0 aliphatic rings. The highest BCUT2D eigenvalue weighted by molar-refractivity contribution is 5.93. The average molecular weight is 425 g/mol. The molecule has 1 N–H and O–H groups in total. The van der Waals surface area contributed by atoms with Crippen molar-refractivity contribution in [2.45, 2.75) is 38.5 Å². The molecule has 0 saturated heterocycles. The first-order chi connectivity index (χ1) is 15.1. The molecule has 0 aliphatic heterocycles. The molecule has 0 aromatic heterocycles. The molecule has 0 amide bonds. The number of carbonyl (C=O) groups excluding carboxylic acids is 1. The Balaban J connectivity index is 1.72. The Labute approximate surface area is 181 Å². The number of phenols is 1. The molecular weight excluding hydrogens is 398 g/mol. The van der Waals surface area contributed by atoms with E-state index in [1.165, 1.54) is 19.2 Å². The SMILES string of the molecule is COC(=O)c1cc(N=Nc2ccc(OCCCCCCCCN=[N+]=[N-])cc2)ccc1O. The number of methoxy groups -OCH3 is 1. The standard InChI is InChI=1S/C22H27N5O4/c1-30-22(29)20-16-18(10-13-21(20)28)26-25-17-8-11-19(12-9-17)31-15-7-5-3-2-4-6-14-24-27-23/h8-13,16,28H,2-7,14-15H2,1H3. The van der Waals surface area contributed by atoms with Crippen LogP contribution in [0.2, 0.25) is 0 Å². The smallest absolute Gasteiger partial charge is 0.341 e. The van der Waals surface area contributed by atoms with Crippen molar-refractivity contribution < 1.29 is 19.4 Å². The van der Waals surface area contributed by atoms with Gasteiger partial charge in [0.25, 0.3) is 0 Å². The molecule has 2 aromatic carbocycles. The van der Waals surface area contributed by atoms with Gasteiger partial charge in [-0.05, 0) is 60.8 Å². The van der Waals surface area contributed by atoms with Gasteiger partial charge in [-0.1, -0.05) is 30.8 Å². The molecule has 0 unspecified atom stereocenters. The number of rotatable bonds is 13. The molecule has 0 bridgehead atoms. The molecule has 0 aliphatic carbocycles. The third-order valence-corrected chi connectivity index (χ3v) is 4.49. The highest BCUT2D eigenvalue weighted by Gasteiger charge is 2.11. The maximum absolute atomic E-state index is 11.6. The lowest BCUT2D eigenvalue weighted by Crippen LogP contribution is -2.00. The molecule has 0 spiro atoms. The van der Waals surface area contributed by atoms with Crippen LogP contribution in [0.1, 0.15) is 48.9 Å². The Bertz CT molecular complexity index is 909. The van der Waals surface area contributed by atoms with Crippen LogP contribution in [0.4, 0.5) is 11.4 Å². The van der Waals surface area contributed by atoms with Gasteiger partial charge in [0, 0.05) is 11.5 Å². The molecular formula is C22H27N5O4. The largest absolute Gasteiger partial charge is 0.507 e. The maximum Gasteiger partial charge on any atom is 0.341 e. The summed E-state index contributed by atoms with van der Waals surface area (Å²) in [6.07, 6.45) is 6.42. The van der Waals surface area contributed by atoms with E-state index in [0.717, 1.165) is 44.3 Å². The van der Waals surface area contributed by atoms with Gasteiger partial charge in [-0.3, -0.25) is 0 Å². The van der Waals surface area contributed by atoms with Crippen molar-refractivity contribution in [2.24, 2.45) is 15.3 Å². The molecule has 31 heavy (non-hydrogen) atoms. The summed E-state index contributed by atoms with van der Waals surface area (Å²) in [7, 11) is 1.25. The number of nitrogens with zero attached hydrogens (tertiary/aromatic N) is 5. The number of phenolic OH excluding ortho intramolecular Hbond substituents is 1. The summed E-state index contributed by atoms with van der Waals surface area (Å²) in [4.78, 5) is 14.4. The molecule has 9 heteroatoms. The van der Waals surface area contributed by atoms with E-state index in [1.807, 2.05) is 12.1 Å². The van der Waals surface area contributed by atoms with Crippen LogP contribution in [-0.2, 0) is 4.74 Å². The molecule has 164 valence electrons. The monoisotopic (exact) mass is 425 g/mol. The third-order valence-electron chi connectivity index (χ3n) is 4.49. The number of hydrogen-bond donors (Lipinski definition) is 1. The number of unbranched alkanes of at least 4 members (excludes halogenated alkanes) is 5. The number of benzene rings is 2. The van der Waals surface area contributed by atoms with Crippen molar-refractivity contribution in [3.8, 4) is 11.5 Å². The lowest BCUT2D eigenvalue weighted by molar-refractivity contribution is 0.0597. The summed E-state index contributed by atoms with van der Waals surface area (Å²) in [5.74, 6) is -0.0371. The number of azo groups is 1. The number of ether oxygens (including phenoxy) is 2. The molecule has 0 atom stereocenters. The topological polar surface area (TPSA) is 129 Å². The van der Waals surface area contributed by atoms with Crippen LogP contribution in [0.3, 0.4) is 0 Å². The summed E-state index contributed by atoms with van der Waals surface area (Å²) in [6.45, 7) is 1.24. The normalized spacial score (nSPS) is 10.6. The first-order valence-corrected chi connectivity index (χ1v) is 10.2. The number of esters is 1. The maximum atomic E-state index is 11.6. The van der Waals surface area contributed by atoms with E-state index in [1.54, 1.807) is 18.2 Å². The van der Waals surface area contributed by atoms with Crippen LogP contribution in [-0.4, -0.2) is 31.3 Å². The number of hydrogen-bond acceptors (Lipinski definition) is 7. The van der Waals surface area contributed by atoms with Crippen LogP contribution in [0, 0.1) is 0 Å². The molecule has 0 fully saturated rings. The van der Waals surface area contributed by atoms with Gasteiger partial charge in [-0.15, -0.1) is 0 Å². The first-order valence-electron chi connectivity index (χ1n) is 10.2. The van der Waals surface area contributed by atoms with E-state index < -0.39 is 5.97 Å². The van der Waals surface area contributed by atoms with E-state index in [9.17, 15) is 9.90 Å². The first kappa shape index (κ1) is 23.7. The molecule has 0 saturated carbocycles. The van der Waals surface area contributed by atoms with E-state index in [0.29, 0.717) is 24.5 Å². The van der Waals surface area contributed by atoms with Crippen molar-refractivity contribution in [2.75, 3.05) is 20.3 Å². The molecule has 9 nitrogen and oxygen atoms in total. The van der Waals surface area contributed by atoms with Crippen molar-refractivity contribution >= 4 is 17.3 Å². The summed E-state index contributed by atoms with van der Waals surface area (Å²) < 4.78 is 10.4. The fourth-order valence-electron chi connectivity index (χ4n) is 2.81. The van der Waals surface area contributed by atoms with E-state index in [-0.39, 0.29) is 11.3 Å². The summed E-state index contributed by atoms with van der Waals surface area (Å²) in [5, 5.41) is 21.5. The lowest BCUT2D eigenvalue weighted by atomic mass is 10.1. The van der Waals surface area contributed by atoms with Crippen LogP contribution in [0.15, 0.2) is 57.8 Å². The number of carbonyl (C=O) groups is 1. The molecule has 2 aromatic rings. The van der Waals surface area contributed by atoms with Gasteiger partial charge in [0.2, 0.25) is 0 Å². The Morgan fingerprint density at radius 1 is 0.968 bits per heavy atom. The van der Waals surface area contributed by atoms with E-state index in [4.69, 9.17) is 10.3 Å². The van der Waals surface area contributed by atoms with Crippen LogP contribution in [0.5, 0.6) is 11.5 Å². The van der Waals surface area contributed by atoms with Crippen LogP contribution < -0.4 is 4.74 Å². The zero-order valence-corrected chi connectivity index (χ0v) is 17.6. The molecule has 0 radical (unpaired) electrons. The number of azide groups is 1. The van der Waals surface area contributed by atoms with Crippen molar-refractivity contribution in [1.82, 2.24) is 0 Å². The second-order valence-electron chi connectivity index (χ2n) is 6.81. The van der Waals surface area contributed by atoms with Gasteiger partial charge in [0.15, 0.2) is 0 Å². The van der Waals surface area contributed by atoms with Gasteiger partial charge >= 0.3 is 5.97 Å². The minimum Gasteiger partial charge on any atom is -0.507 e. The quantitative estimate of drug-likeness (QED) is 0.127. The lowest BCUT2D eigenvalue weighted by Gasteiger charge is -2.06. The Kier molecular flexibility index (Phi) is 10.4. The highest BCUT2D eigenvalue weighted by Crippen LogP contribution is 2.26. The molecule has 0 heterocycles. The average Bonchev–Trinajstić information content (AvgIpc) is 2.80. The predicted molar refractivity (Wildman–Crippen MR) is 117 cm³/mol. The van der Waals surface area contributed by atoms with Crippen molar-refractivity contribution in [1.29, 1.82) is 0 Å². The number of aromatic hydroxyl groups is 1. The Hall–Kier alpha value is -3.58. The van der Waals surface area contributed by atoms with E-state index >= 15 is 0 Å². The zero-order chi connectivity index (χ0) is 22.3. The van der Waals surface area contributed by atoms with Gasteiger partial charge < -0.3 is 14.6 Å². The van der Waals surface area contributed by atoms with E-state index in [2.05, 4.69) is 25.0 Å². The minimum absolute atomic E-state index is 0.0378. The Morgan fingerprint density at radius 2 is 1.61 bits per heavy atom. The Morgan fingerprint density at radius 3 is 2.32 bits per heavy atom. The zero-order valence-electron chi connectivity index (χ0n) is 17.6. The molecule has 2 rings (SSSR count). The van der Waals surface area contributed by atoms with Crippen LogP contribution in [0.25, 0.3) is 10.4 Å². The van der Waals surface area contributed by atoms with Gasteiger partial charge in [0.1, 0.15) is 17.1 Å². The second kappa shape index (κ2) is 13.6. The van der Waals surface area contributed by atoms with Gasteiger partial charge in [0.05, 0.1) is 25.1 Å². The van der Waals surface area contributed by atoms with Gasteiger partial charge in [-0.2, -0.15) is 10.2 Å². The summed E-state index contributed by atoms with van der Waals surface area (Å²) in [6, 6.07) is 11.6. The third kappa shape index (κ3) is 8.76. The minimum atomic E-state index is -0.638. The van der Waals surface area contributed by atoms with Gasteiger partial charge in [-0.25, -0.2) is 4.79 Å². The van der Waals surface area contributed by atoms with Crippen molar-refractivity contribution in [3.63, 3.8) is 0 Å².